The Morgan fingerprint density at radius 3 is 2.48 bits per heavy atom. The van der Waals surface area contributed by atoms with Gasteiger partial charge in [0.2, 0.25) is 5.95 Å². The van der Waals surface area contributed by atoms with Crippen molar-refractivity contribution in [3.63, 3.8) is 0 Å². The molecule has 0 atom stereocenters. The molecule has 0 bridgehead atoms. The van der Waals surface area contributed by atoms with Crippen LogP contribution in [-0.4, -0.2) is 25.8 Å². The maximum absolute atomic E-state index is 4.89. The summed E-state index contributed by atoms with van der Waals surface area (Å²) in [5.41, 5.74) is 3.99. The molecule has 0 unspecified atom stereocenters. The highest BCUT2D eigenvalue weighted by Gasteiger charge is 2.18. The van der Waals surface area contributed by atoms with E-state index >= 15 is 0 Å². The molecule has 1 aliphatic carbocycles. The fraction of sp³-hybridized carbons (Fsp3) is 0.320. The van der Waals surface area contributed by atoms with Gasteiger partial charge in [-0.1, -0.05) is 56.0 Å². The average Bonchev–Trinajstić information content (AvgIpc) is 3.04. The molecule has 2 aromatic carbocycles. The molecule has 0 radical (unpaired) electrons. The highest BCUT2D eigenvalue weighted by Crippen LogP contribution is 2.28. The van der Waals surface area contributed by atoms with Crippen LogP contribution in [0, 0.1) is 6.92 Å². The van der Waals surface area contributed by atoms with Crippen LogP contribution in [0.5, 0.6) is 0 Å². The molecule has 1 fully saturated rings. The molecule has 0 amide bonds. The molecule has 2 N–H and O–H groups in total. The number of nitrogens with one attached hydrogen (secondary N) is 2. The van der Waals surface area contributed by atoms with E-state index in [1.54, 1.807) is 0 Å². The first-order valence-corrected chi connectivity index (χ1v) is 11.2. The van der Waals surface area contributed by atoms with Crippen molar-refractivity contribution in [3.05, 3.63) is 66.4 Å². The zero-order chi connectivity index (χ0) is 21.0. The number of hydrogen-bond acceptors (Lipinski definition) is 5. The normalized spacial score (nSPS) is 15.0. The Balaban J connectivity index is 1.57. The maximum atomic E-state index is 4.89. The van der Waals surface area contributed by atoms with E-state index in [-0.39, 0.29) is 0 Å². The lowest BCUT2D eigenvalue weighted by Gasteiger charge is -2.17. The predicted octanol–water partition coefficient (Wildman–Crippen LogP) is 6.00. The zero-order valence-electron chi connectivity index (χ0n) is 17.9. The van der Waals surface area contributed by atoms with Gasteiger partial charge in [-0.25, -0.2) is 4.68 Å². The van der Waals surface area contributed by atoms with Gasteiger partial charge in [0.05, 0.1) is 17.3 Å². The van der Waals surface area contributed by atoms with Gasteiger partial charge in [-0.15, -0.1) is 0 Å². The molecule has 2 heterocycles. The van der Waals surface area contributed by atoms with Crippen LogP contribution in [0.2, 0.25) is 0 Å². The van der Waals surface area contributed by atoms with Crippen LogP contribution in [0.3, 0.4) is 0 Å². The van der Waals surface area contributed by atoms with E-state index < -0.39 is 0 Å². The molecule has 1 aliphatic rings. The summed E-state index contributed by atoms with van der Waals surface area (Å²) in [4.78, 5) is 9.77. The molecule has 0 saturated heterocycles. The van der Waals surface area contributed by atoms with E-state index in [1.165, 1.54) is 44.1 Å². The first kappa shape index (κ1) is 19.5. The topological polar surface area (TPSA) is 67.7 Å². The molecule has 31 heavy (non-hydrogen) atoms. The van der Waals surface area contributed by atoms with Crippen LogP contribution in [-0.2, 0) is 0 Å². The molecule has 6 nitrogen and oxygen atoms in total. The summed E-state index contributed by atoms with van der Waals surface area (Å²) in [6, 6.07) is 18.9. The minimum absolute atomic E-state index is 0.417. The number of rotatable bonds is 5. The van der Waals surface area contributed by atoms with E-state index in [4.69, 9.17) is 9.97 Å². The Hall–Kier alpha value is -3.41. The van der Waals surface area contributed by atoms with Crippen LogP contribution in [0.25, 0.3) is 16.7 Å². The van der Waals surface area contributed by atoms with E-state index in [0.717, 1.165) is 28.2 Å². The van der Waals surface area contributed by atoms with Gasteiger partial charge in [-0.05, 0) is 49.6 Å². The monoisotopic (exact) mass is 412 g/mol. The summed E-state index contributed by atoms with van der Waals surface area (Å²) in [7, 11) is 0. The molecule has 0 aliphatic heterocycles. The number of nitrogens with zero attached hydrogens (tertiary/aromatic N) is 4. The number of benzene rings is 2. The standard InChI is InChI=1S/C25H28N6/c1-18-10-9-13-20(16-18)27-23-22-17-26-31(21-14-7-4-8-15-21)24(22)30-25(29-23)28-19-11-5-2-3-6-12-19/h4,7-10,13-17,19H,2-3,5-6,11-12H2,1H3,(H2,27,28,29,30). The lowest BCUT2D eigenvalue weighted by atomic mass is 10.1. The smallest absolute Gasteiger partial charge is 0.226 e. The summed E-state index contributed by atoms with van der Waals surface area (Å²) < 4.78 is 1.89. The van der Waals surface area contributed by atoms with Gasteiger partial charge in [0.1, 0.15) is 5.82 Å². The van der Waals surface area contributed by atoms with Crippen molar-refractivity contribution in [2.24, 2.45) is 0 Å². The number of aryl methyl sites for hydroxylation is 1. The highest BCUT2D eigenvalue weighted by atomic mass is 15.3. The first-order chi connectivity index (χ1) is 15.3. The van der Waals surface area contributed by atoms with Gasteiger partial charge in [0.25, 0.3) is 0 Å². The van der Waals surface area contributed by atoms with Gasteiger partial charge in [-0.3, -0.25) is 0 Å². The molecule has 1 saturated carbocycles. The van der Waals surface area contributed by atoms with Gasteiger partial charge in [0.15, 0.2) is 5.65 Å². The van der Waals surface area contributed by atoms with Crippen molar-refractivity contribution in [2.75, 3.05) is 10.6 Å². The summed E-state index contributed by atoms with van der Waals surface area (Å²) >= 11 is 0. The molecular weight excluding hydrogens is 384 g/mol. The van der Waals surface area contributed by atoms with Crippen LogP contribution in [0.15, 0.2) is 60.8 Å². The van der Waals surface area contributed by atoms with Gasteiger partial charge >= 0.3 is 0 Å². The quantitative estimate of drug-likeness (QED) is 0.393. The molecular formula is C25H28N6. The SMILES string of the molecule is Cc1cccc(Nc2nc(NC3CCCCCC3)nc3c2cnn3-c2ccccc2)c1. The number of hydrogen-bond donors (Lipinski definition) is 2. The van der Waals surface area contributed by atoms with Crippen LogP contribution in [0.4, 0.5) is 17.5 Å². The number of aromatic nitrogens is 4. The zero-order valence-corrected chi connectivity index (χ0v) is 17.9. The van der Waals surface area contributed by atoms with Crippen LogP contribution < -0.4 is 10.6 Å². The van der Waals surface area contributed by atoms with Gasteiger partial charge in [-0.2, -0.15) is 15.1 Å². The molecule has 6 heteroatoms. The predicted molar refractivity (Wildman–Crippen MR) is 126 cm³/mol. The van der Waals surface area contributed by atoms with Crippen molar-refractivity contribution in [1.29, 1.82) is 0 Å². The Bertz CT molecular complexity index is 1160. The third kappa shape index (κ3) is 4.38. The third-order valence-electron chi connectivity index (χ3n) is 5.90. The van der Waals surface area contributed by atoms with Crippen molar-refractivity contribution < 1.29 is 0 Å². The second-order valence-corrected chi connectivity index (χ2v) is 8.35. The molecule has 0 spiro atoms. The average molecular weight is 413 g/mol. The van der Waals surface area contributed by atoms with E-state index in [0.29, 0.717) is 12.0 Å². The second-order valence-electron chi connectivity index (χ2n) is 8.35. The van der Waals surface area contributed by atoms with E-state index in [1.807, 2.05) is 47.3 Å². The minimum Gasteiger partial charge on any atom is -0.351 e. The Kier molecular flexibility index (Phi) is 5.52. The third-order valence-corrected chi connectivity index (χ3v) is 5.90. The Morgan fingerprint density at radius 2 is 1.71 bits per heavy atom. The molecule has 158 valence electrons. The van der Waals surface area contributed by atoms with E-state index in [2.05, 4.69) is 40.9 Å². The summed E-state index contributed by atoms with van der Waals surface area (Å²) in [6.45, 7) is 2.09. The Labute approximate surface area is 182 Å². The molecule has 5 rings (SSSR count). The number of fused-ring (bicyclic) bond motifs is 1. The lowest BCUT2D eigenvalue weighted by Crippen LogP contribution is -2.20. The maximum Gasteiger partial charge on any atom is 0.226 e. The van der Waals surface area contributed by atoms with Crippen molar-refractivity contribution >= 4 is 28.5 Å². The van der Waals surface area contributed by atoms with Crippen LogP contribution >= 0.6 is 0 Å². The Morgan fingerprint density at radius 1 is 0.903 bits per heavy atom. The fourth-order valence-electron chi connectivity index (χ4n) is 4.29. The largest absolute Gasteiger partial charge is 0.351 e. The van der Waals surface area contributed by atoms with Crippen molar-refractivity contribution in [1.82, 2.24) is 19.7 Å². The number of anilines is 3. The summed E-state index contributed by atoms with van der Waals surface area (Å²) in [6.07, 6.45) is 9.33. The fourth-order valence-corrected chi connectivity index (χ4v) is 4.29. The van der Waals surface area contributed by atoms with E-state index in [9.17, 15) is 0 Å². The molecule has 4 aromatic rings. The van der Waals surface area contributed by atoms with Crippen LogP contribution in [0.1, 0.15) is 44.1 Å². The minimum atomic E-state index is 0.417. The molecule has 2 aromatic heterocycles. The number of para-hydroxylation sites is 1. The van der Waals surface area contributed by atoms with Crippen molar-refractivity contribution in [3.8, 4) is 5.69 Å². The highest BCUT2D eigenvalue weighted by molar-refractivity contribution is 5.90. The first-order valence-electron chi connectivity index (χ1n) is 11.2. The second kappa shape index (κ2) is 8.76. The summed E-state index contributed by atoms with van der Waals surface area (Å²) in [5.74, 6) is 1.43. The van der Waals surface area contributed by atoms with Gasteiger partial charge < -0.3 is 10.6 Å². The van der Waals surface area contributed by atoms with Crippen molar-refractivity contribution in [2.45, 2.75) is 51.5 Å². The van der Waals surface area contributed by atoms with Gasteiger partial charge in [0, 0.05) is 11.7 Å². The lowest BCUT2D eigenvalue weighted by molar-refractivity contribution is 0.615. The summed E-state index contributed by atoms with van der Waals surface area (Å²) in [5, 5.41) is 12.6.